The highest BCUT2D eigenvalue weighted by Crippen LogP contribution is 2.21. The predicted octanol–water partition coefficient (Wildman–Crippen LogP) is 1.81. The minimum Gasteiger partial charge on any atom is -0.341 e. The molecule has 0 bridgehead atoms. The number of hydrogen-bond donors (Lipinski definition) is 0. The summed E-state index contributed by atoms with van der Waals surface area (Å²) >= 11 is 0. The Bertz CT molecular complexity index is 870. The zero-order chi connectivity index (χ0) is 17.5. The average Bonchev–Trinajstić information content (AvgIpc) is 3.09. The van der Waals surface area contributed by atoms with E-state index in [1.807, 2.05) is 24.5 Å². The second-order valence-electron chi connectivity index (χ2n) is 6.81. The van der Waals surface area contributed by atoms with Crippen LogP contribution in [0.3, 0.4) is 0 Å². The third-order valence-electron chi connectivity index (χ3n) is 4.70. The van der Waals surface area contributed by atoms with Crippen LogP contribution in [0.4, 0.5) is 0 Å². The van der Waals surface area contributed by atoms with Gasteiger partial charge in [-0.25, -0.2) is 13.4 Å². The molecule has 1 aromatic heterocycles. The predicted molar refractivity (Wildman–Crippen MR) is 93.7 cm³/mol. The van der Waals surface area contributed by atoms with Crippen LogP contribution in [0.25, 0.3) is 11.0 Å². The van der Waals surface area contributed by atoms with Gasteiger partial charge in [0.05, 0.1) is 35.3 Å². The zero-order valence-electron chi connectivity index (χ0n) is 14.3. The second-order valence-corrected chi connectivity index (χ2v) is 9.04. The van der Waals surface area contributed by atoms with Crippen molar-refractivity contribution in [2.45, 2.75) is 38.8 Å². The molecule has 24 heavy (non-hydrogen) atoms. The van der Waals surface area contributed by atoms with Crippen LogP contribution in [0, 0.1) is 0 Å². The summed E-state index contributed by atoms with van der Waals surface area (Å²) in [4.78, 5) is 18.5. The number of benzene rings is 1. The molecule has 1 aliphatic heterocycles. The molecule has 3 rings (SSSR count). The van der Waals surface area contributed by atoms with E-state index < -0.39 is 9.84 Å². The Balaban J connectivity index is 1.73. The first-order valence-corrected chi connectivity index (χ1v) is 10.0. The minimum atomic E-state index is -2.99. The number of likely N-dealkylation sites (N-methyl/N-ethyl adjacent to an activating group) is 1. The summed E-state index contributed by atoms with van der Waals surface area (Å²) in [7, 11) is -1.29. The van der Waals surface area contributed by atoms with Crippen molar-refractivity contribution in [1.29, 1.82) is 0 Å². The first kappa shape index (κ1) is 17.0. The van der Waals surface area contributed by atoms with Crippen molar-refractivity contribution < 1.29 is 13.2 Å². The van der Waals surface area contributed by atoms with E-state index in [2.05, 4.69) is 23.4 Å². The molecule has 130 valence electrons. The Morgan fingerprint density at radius 3 is 2.79 bits per heavy atom. The Labute approximate surface area is 142 Å². The largest absolute Gasteiger partial charge is 0.341 e. The molecule has 0 aliphatic carbocycles. The van der Waals surface area contributed by atoms with Crippen molar-refractivity contribution in [3.05, 3.63) is 30.1 Å². The van der Waals surface area contributed by atoms with Gasteiger partial charge >= 0.3 is 0 Å². The molecule has 1 fully saturated rings. The van der Waals surface area contributed by atoms with Crippen molar-refractivity contribution in [3.8, 4) is 0 Å². The maximum atomic E-state index is 12.5. The lowest BCUT2D eigenvalue weighted by molar-refractivity contribution is -0.130. The average molecular weight is 349 g/mol. The number of hydrogen-bond acceptors (Lipinski definition) is 4. The van der Waals surface area contributed by atoms with E-state index in [0.717, 1.165) is 16.6 Å². The van der Waals surface area contributed by atoms with Crippen molar-refractivity contribution in [3.63, 3.8) is 0 Å². The molecular weight excluding hydrogens is 326 g/mol. The topological polar surface area (TPSA) is 72.3 Å². The molecule has 0 radical (unpaired) electrons. The van der Waals surface area contributed by atoms with Crippen LogP contribution in [0.1, 0.15) is 31.9 Å². The summed E-state index contributed by atoms with van der Waals surface area (Å²) in [5, 5.41) is 0. The highest BCUT2D eigenvalue weighted by atomic mass is 32.2. The van der Waals surface area contributed by atoms with Gasteiger partial charge in [-0.1, -0.05) is 6.07 Å². The molecule has 0 N–H and O–H groups in total. The molecule has 1 saturated heterocycles. The molecule has 1 amide bonds. The molecular formula is C17H23N3O3S. The SMILES string of the molecule is CC(C)n1cnc2cc(CC(=O)N(C)C3CCS(=O)(=O)C3)ccc21. The Morgan fingerprint density at radius 2 is 2.17 bits per heavy atom. The van der Waals surface area contributed by atoms with Crippen LogP contribution in [-0.2, 0) is 21.1 Å². The molecule has 7 heteroatoms. The van der Waals surface area contributed by atoms with Gasteiger partial charge < -0.3 is 9.47 Å². The number of nitrogens with zero attached hydrogens (tertiary/aromatic N) is 3. The maximum Gasteiger partial charge on any atom is 0.227 e. The van der Waals surface area contributed by atoms with E-state index in [0.29, 0.717) is 12.5 Å². The molecule has 6 nitrogen and oxygen atoms in total. The van der Waals surface area contributed by atoms with Gasteiger partial charge in [0.2, 0.25) is 5.91 Å². The van der Waals surface area contributed by atoms with E-state index in [-0.39, 0.29) is 29.9 Å². The van der Waals surface area contributed by atoms with Gasteiger partial charge in [0, 0.05) is 19.1 Å². The summed E-state index contributed by atoms with van der Waals surface area (Å²) < 4.78 is 25.3. The number of carbonyl (C=O) groups is 1. The van der Waals surface area contributed by atoms with Gasteiger partial charge in [0.15, 0.2) is 9.84 Å². The van der Waals surface area contributed by atoms with E-state index in [1.54, 1.807) is 11.9 Å². The number of fused-ring (bicyclic) bond motifs is 1. The highest BCUT2D eigenvalue weighted by molar-refractivity contribution is 7.91. The summed E-state index contributed by atoms with van der Waals surface area (Å²) in [6, 6.07) is 6.00. The number of rotatable bonds is 4. The van der Waals surface area contributed by atoms with Crippen molar-refractivity contribution in [2.75, 3.05) is 18.6 Å². The Kier molecular flexibility index (Phi) is 4.38. The van der Waals surface area contributed by atoms with Crippen LogP contribution in [-0.4, -0.2) is 53.4 Å². The fourth-order valence-electron chi connectivity index (χ4n) is 3.18. The molecule has 1 atom stereocenters. The normalized spacial score (nSPS) is 19.9. The third kappa shape index (κ3) is 3.31. The Hall–Kier alpha value is -1.89. The molecule has 2 heterocycles. The van der Waals surface area contributed by atoms with Crippen LogP contribution >= 0.6 is 0 Å². The van der Waals surface area contributed by atoms with Crippen molar-refractivity contribution in [2.24, 2.45) is 0 Å². The van der Waals surface area contributed by atoms with E-state index >= 15 is 0 Å². The summed E-state index contributed by atoms with van der Waals surface area (Å²) in [5.41, 5.74) is 2.82. The maximum absolute atomic E-state index is 12.5. The van der Waals surface area contributed by atoms with Gasteiger partial charge in [-0.2, -0.15) is 0 Å². The summed E-state index contributed by atoms with van der Waals surface area (Å²) in [5.74, 6) is 0.195. The number of aromatic nitrogens is 2. The first-order chi connectivity index (χ1) is 11.3. The monoisotopic (exact) mass is 349 g/mol. The smallest absolute Gasteiger partial charge is 0.227 e. The quantitative estimate of drug-likeness (QED) is 0.844. The standard InChI is InChI=1S/C17H23N3O3S/c1-12(2)20-11-18-15-8-13(4-5-16(15)20)9-17(21)19(3)14-6-7-24(22,23)10-14/h4-5,8,11-12,14H,6-7,9-10H2,1-3H3. The van der Waals surface area contributed by atoms with Crippen molar-refractivity contribution in [1.82, 2.24) is 14.5 Å². The van der Waals surface area contributed by atoms with Crippen LogP contribution in [0.5, 0.6) is 0 Å². The van der Waals surface area contributed by atoms with E-state index in [1.165, 1.54) is 0 Å². The molecule has 0 spiro atoms. The molecule has 2 aromatic rings. The van der Waals surface area contributed by atoms with Crippen LogP contribution < -0.4 is 0 Å². The van der Waals surface area contributed by atoms with Crippen LogP contribution in [0.2, 0.25) is 0 Å². The van der Waals surface area contributed by atoms with Gasteiger partial charge in [0.25, 0.3) is 0 Å². The molecule has 1 aliphatic rings. The number of imidazole rings is 1. The Morgan fingerprint density at radius 1 is 1.42 bits per heavy atom. The molecule has 0 saturated carbocycles. The van der Waals surface area contributed by atoms with Crippen LogP contribution in [0.15, 0.2) is 24.5 Å². The lowest BCUT2D eigenvalue weighted by Crippen LogP contribution is -2.38. The van der Waals surface area contributed by atoms with E-state index in [9.17, 15) is 13.2 Å². The number of carbonyl (C=O) groups excluding carboxylic acids is 1. The van der Waals surface area contributed by atoms with Crippen molar-refractivity contribution >= 4 is 26.8 Å². The van der Waals surface area contributed by atoms with E-state index in [4.69, 9.17) is 0 Å². The lowest BCUT2D eigenvalue weighted by Gasteiger charge is -2.23. The fraction of sp³-hybridized carbons (Fsp3) is 0.529. The first-order valence-electron chi connectivity index (χ1n) is 8.18. The van der Waals surface area contributed by atoms with Gasteiger partial charge in [-0.05, 0) is 38.0 Å². The minimum absolute atomic E-state index is 0.0558. The fourth-order valence-corrected chi connectivity index (χ4v) is 4.96. The van der Waals surface area contributed by atoms with Gasteiger partial charge in [-0.15, -0.1) is 0 Å². The number of sulfone groups is 1. The lowest BCUT2D eigenvalue weighted by atomic mass is 10.1. The third-order valence-corrected chi connectivity index (χ3v) is 6.45. The van der Waals surface area contributed by atoms with Gasteiger partial charge in [-0.3, -0.25) is 4.79 Å². The summed E-state index contributed by atoms with van der Waals surface area (Å²) in [6.45, 7) is 4.20. The highest BCUT2D eigenvalue weighted by Gasteiger charge is 2.32. The molecule has 1 aromatic carbocycles. The van der Waals surface area contributed by atoms with Gasteiger partial charge in [0.1, 0.15) is 0 Å². The second kappa shape index (κ2) is 6.20. The number of amides is 1. The summed E-state index contributed by atoms with van der Waals surface area (Å²) in [6.07, 6.45) is 2.61. The zero-order valence-corrected chi connectivity index (χ0v) is 15.1. The molecule has 1 unspecified atom stereocenters.